The number of methoxy groups -OCH3 is 2. The normalized spacial score (nSPS) is 36.2. The zero-order chi connectivity index (χ0) is 21.7. The van der Waals surface area contributed by atoms with Crippen LogP contribution in [0.5, 0.6) is 11.5 Å². The van der Waals surface area contributed by atoms with Gasteiger partial charge in [-0.15, -0.1) is 6.58 Å². The van der Waals surface area contributed by atoms with Crippen molar-refractivity contribution < 1.29 is 33.6 Å². The summed E-state index contributed by atoms with van der Waals surface area (Å²) in [4.78, 5) is 12.1. The highest BCUT2D eigenvalue weighted by Crippen LogP contribution is 2.66. The number of hydrogen-bond donors (Lipinski definition) is 1. The Morgan fingerprint density at radius 3 is 2.70 bits per heavy atom. The first kappa shape index (κ1) is 20.8. The lowest BCUT2D eigenvalue weighted by Crippen LogP contribution is -2.61. The Balaban J connectivity index is 1.96. The third-order valence-electron chi connectivity index (χ3n) is 6.97. The van der Waals surface area contributed by atoms with Crippen molar-refractivity contribution in [2.45, 2.75) is 44.0 Å². The lowest BCUT2D eigenvalue weighted by molar-refractivity contribution is -0.201. The van der Waals surface area contributed by atoms with E-state index in [1.807, 2.05) is 24.3 Å². The van der Waals surface area contributed by atoms with Gasteiger partial charge >= 0.3 is 5.97 Å². The fourth-order valence-electron chi connectivity index (χ4n) is 5.75. The highest BCUT2D eigenvalue weighted by Gasteiger charge is 2.73. The molecular formula is C23H28O7. The number of benzene rings is 1. The molecule has 2 aliphatic carbocycles. The van der Waals surface area contributed by atoms with Crippen LogP contribution in [0.4, 0.5) is 0 Å². The van der Waals surface area contributed by atoms with Gasteiger partial charge < -0.3 is 28.8 Å². The van der Waals surface area contributed by atoms with Crippen LogP contribution in [0.1, 0.15) is 31.7 Å². The lowest BCUT2D eigenvalue weighted by atomic mass is 9.69. The molecule has 0 amide bonds. The van der Waals surface area contributed by atoms with Gasteiger partial charge in [-0.1, -0.05) is 19.1 Å². The van der Waals surface area contributed by atoms with Crippen LogP contribution in [-0.4, -0.2) is 49.9 Å². The van der Waals surface area contributed by atoms with Gasteiger partial charge in [0, 0.05) is 25.4 Å². The van der Waals surface area contributed by atoms with Gasteiger partial charge in [0.1, 0.15) is 23.6 Å². The molecule has 0 aromatic heterocycles. The average Bonchev–Trinajstić information content (AvgIpc) is 3.24. The number of hydrogen-bond acceptors (Lipinski definition) is 7. The molecule has 0 radical (unpaired) electrons. The maximum absolute atomic E-state index is 12.1. The van der Waals surface area contributed by atoms with Gasteiger partial charge in [-0.25, -0.2) is 0 Å². The van der Waals surface area contributed by atoms with Gasteiger partial charge in [0.15, 0.2) is 11.5 Å². The molecule has 30 heavy (non-hydrogen) atoms. The standard InChI is InChI=1S/C23H28O7/c1-6-9-22-11-18(26-4)20(25)23(27-5,21(22)30-14(3)24)19(13(22)2)15-7-8-16-17(10-15)29-12-28-16/h6-8,10-11,13,19-21,25H,1,9,12H2,2-5H3. The molecular weight excluding hydrogens is 388 g/mol. The number of carbonyl (C=O) groups excluding carboxylic acids is 1. The summed E-state index contributed by atoms with van der Waals surface area (Å²) in [5.74, 6) is 0.880. The maximum atomic E-state index is 12.1. The summed E-state index contributed by atoms with van der Waals surface area (Å²) in [5, 5.41) is 11.4. The molecule has 2 bridgehead atoms. The van der Waals surface area contributed by atoms with Crippen LogP contribution < -0.4 is 9.47 Å². The van der Waals surface area contributed by atoms with Crippen LogP contribution >= 0.6 is 0 Å². The van der Waals surface area contributed by atoms with Crippen LogP contribution in [0.15, 0.2) is 42.7 Å². The molecule has 162 valence electrons. The van der Waals surface area contributed by atoms with Gasteiger partial charge in [0.25, 0.3) is 0 Å². The number of aliphatic hydroxyl groups is 1. The number of allylic oxidation sites excluding steroid dienone is 1. The summed E-state index contributed by atoms with van der Waals surface area (Å²) in [6.07, 6.45) is 2.36. The van der Waals surface area contributed by atoms with Crippen molar-refractivity contribution in [3.8, 4) is 11.5 Å². The molecule has 7 heteroatoms. The summed E-state index contributed by atoms with van der Waals surface area (Å²) in [6.45, 7) is 7.55. The quantitative estimate of drug-likeness (QED) is 0.564. The summed E-state index contributed by atoms with van der Waals surface area (Å²) >= 11 is 0. The molecule has 1 aromatic rings. The van der Waals surface area contributed by atoms with Crippen LogP contribution in [0.3, 0.4) is 0 Å². The number of ether oxygens (including phenoxy) is 5. The number of aliphatic hydroxyl groups excluding tert-OH is 1. The van der Waals surface area contributed by atoms with E-state index in [0.717, 1.165) is 5.56 Å². The first-order valence-corrected chi connectivity index (χ1v) is 10.0. The van der Waals surface area contributed by atoms with E-state index in [4.69, 9.17) is 23.7 Å². The van der Waals surface area contributed by atoms with E-state index in [0.29, 0.717) is 23.7 Å². The summed E-state index contributed by atoms with van der Waals surface area (Å²) < 4.78 is 28.6. The van der Waals surface area contributed by atoms with Crippen LogP contribution in [0.2, 0.25) is 0 Å². The SMILES string of the molecule is C=CCC12C=C(OC)C(O)C(OC)(C(c3ccc4c(c3)OCO4)C1C)C2OC(C)=O. The van der Waals surface area contributed by atoms with Crippen LogP contribution in [-0.2, 0) is 19.0 Å². The summed E-state index contributed by atoms with van der Waals surface area (Å²) in [5.41, 5.74) is -1.00. The Morgan fingerprint density at radius 2 is 2.07 bits per heavy atom. The number of esters is 1. The minimum Gasteiger partial charge on any atom is -0.499 e. The second kappa shape index (κ2) is 7.32. The van der Waals surface area contributed by atoms with E-state index in [2.05, 4.69) is 13.5 Å². The first-order chi connectivity index (χ1) is 14.4. The second-order valence-electron chi connectivity index (χ2n) is 8.18. The molecule has 6 atom stereocenters. The van der Waals surface area contributed by atoms with E-state index < -0.39 is 29.2 Å². The van der Waals surface area contributed by atoms with E-state index in [1.54, 1.807) is 6.08 Å². The Bertz CT molecular complexity index is 894. The molecule has 1 N–H and O–H groups in total. The van der Waals surface area contributed by atoms with Crippen molar-refractivity contribution in [3.05, 3.63) is 48.3 Å². The highest BCUT2D eigenvalue weighted by atomic mass is 16.7. The second-order valence-corrected chi connectivity index (χ2v) is 8.18. The Morgan fingerprint density at radius 1 is 1.33 bits per heavy atom. The zero-order valence-corrected chi connectivity index (χ0v) is 17.7. The topological polar surface area (TPSA) is 83.5 Å². The third-order valence-corrected chi connectivity index (χ3v) is 6.97. The molecule has 7 nitrogen and oxygen atoms in total. The largest absolute Gasteiger partial charge is 0.499 e. The smallest absolute Gasteiger partial charge is 0.303 e. The molecule has 1 aromatic carbocycles. The number of carbonyl (C=O) groups is 1. The molecule has 1 heterocycles. The van der Waals surface area contributed by atoms with Crippen molar-refractivity contribution in [1.29, 1.82) is 0 Å². The van der Waals surface area contributed by atoms with Gasteiger partial charge in [0.05, 0.1) is 7.11 Å². The predicted octanol–water partition coefficient (Wildman–Crippen LogP) is 2.93. The molecule has 4 rings (SSSR count). The molecule has 1 saturated carbocycles. The maximum Gasteiger partial charge on any atom is 0.303 e. The monoisotopic (exact) mass is 416 g/mol. The van der Waals surface area contributed by atoms with Crippen molar-refractivity contribution in [2.75, 3.05) is 21.0 Å². The van der Waals surface area contributed by atoms with Gasteiger partial charge in [-0.05, 0) is 36.1 Å². The van der Waals surface area contributed by atoms with E-state index in [9.17, 15) is 9.90 Å². The van der Waals surface area contributed by atoms with Crippen molar-refractivity contribution in [1.82, 2.24) is 0 Å². The fraction of sp³-hybridized carbons (Fsp3) is 0.522. The van der Waals surface area contributed by atoms with E-state index >= 15 is 0 Å². The summed E-state index contributed by atoms with van der Waals surface area (Å²) in [7, 11) is 3.06. The predicted molar refractivity (Wildman–Crippen MR) is 108 cm³/mol. The van der Waals surface area contributed by atoms with Gasteiger partial charge in [0.2, 0.25) is 6.79 Å². The van der Waals surface area contributed by atoms with Crippen molar-refractivity contribution in [3.63, 3.8) is 0 Å². The first-order valence-electron chi connectivity index (χ1n) is 10.0. The minimum atomic E-state index is -1.25. The number of fused-ring (bicyclic) bond motifs is 3. The lowest BCUT2D eigenvalue weighted by Gasteiger charge is -2.47. The van der Waals surface area contributed by atoms with Crippen LogP contribution in [0.25, 0.3) is 0 Å². The third kappa shape index (κ3) is 2.61. The molecule has 6 unspecified atom stereocenters. The molecule has 0 saturated heterocycles. The van der Waals surface area contributed by atoms with Crippen LogP contribution in [0, 0.1) is 11.3 Å². The Hall–Kier alpha value is -2.51. The van der Waals surface area contributed by atoms with E-state index in [-0.39, 0.29) is 18.6 Å². The summed E-state index contributed by atoms with van der Waals surface area (Å²) in [6, 6.07) is 5.71. The molecule has 1 aliphatic heterocycles. The highest BCUT2D eigenvalue weighted by molar-refractivity contribution is 5.67. The number of rotatable bonds is 6. The molecule has 3 aliphatic rings. The van der Waals surface area contributed by atoms with E-state index in [1.165, 1.54) is 21.1 Å². The molecule has 1 fully saturated rings. The minimum absolute atomic E-state index is 0.0810. The Labute approximate surface area is 176 Å². The van der Waals surface area contributed by atoms with Crippen molar-refractivity contribution in [2.24, 2.45) is 11.3 Å². The average molecular weight is 416 g/mol. The van der Waals surface area contributed by atoms with Gasteiger partial charge in [-0.3, -0.25) is 4.79 Å². The fourth-order valence-corrected chi connectivity index (χ4v) is 5.75. The zero-order valence-electron chi connectivity index (χ0n) is 17.7. The van der Waals surface area contributed by atoms with Crippen molar-refractivity contribution >= 4 is 5.97 Å². The molecule has 0 spiro atoms. The Kier molecular flexibility index (Phi) is 5.06. The van der Waals surface area contributed by atoms with Gasteiger partial charge in [-0.2, -0.15) is 0 Å².